The zero-order valence-electron chi connectivity index (χ0n) is 4.77. The first kappa shape index (κ1) is 8.92. The molecule has 1 heterocycles. The highest BCUT2D eigenvalue weighted by Crippen LogP contribution is 2.10. The van der Waals surface area contributed by atoms with E-state index in [1.54, 1.807) is 0 Å². The van der Waals surface area contributed by atoms with Gasteiger partial charge in [-0.25, -0.2) is 3.93 Å². The fourth-order valence-corrected chi connectivity index (χ4v) is 1.36. The van der Waals surface area contributed by atoms with Crippen LogP contribution in [0.3, 0.4) is 0 Å². The summed E-state index contributed by atoms with van der Waals surface area (Å²) in [6.07, 6.45) is 4.15. The van der Waals surface area contributed by atoms with Crippen molar-refractivity contribution in [1.29, 1.82) is 0 Å². The van der Waals surface area contributed by atoms with Crippen molar-refractivity contribution in [2.75, 3.05) is 13.1 Å². The fourth-order valence-electron chi connectivity index (χ4n) is 0.855. The first-order valence-corrected chi connectivity index (χ1v) is 3.51. The molecule has 1 fully saturated rings. The van der Waals surface area contributed by atoms with E-state index in [4.69, 9.17) is 0 Å². The van der Waals surface area contributed by atoms with Gasteiger partial charge >= 0.3 is 0 Å². The van der Waals surface area contributed by atoms with Crippen molar-refractivity contribution in [3.63, 3.8) is 0 Å². The van der Waals surface area contributed by atoms with Crippen LogP contribution in [0.1, 0.15) is 19.3 Å². The van der Waals surface area contributed by atoms with Crippen LogP contribution in [0.4, 0.5) is 0 Å². The van der Waals surface area contributed by atoms with Crippen LogP contribution >= 0.6 is 33.1 Å². The lowest BCUT2D eigenvalue weighted by Gasteiger charge is -2.18. The molecule has 8 heavy (non-hydrogen) atoms. The molecule has 3 heteroatoms. The Bertz CT molecular complexity index is 52.4. The molecule has 1 aliphatic rings. The summed E-state index contributed by atoms with van der Waals surface area (Å²) in [6.45, 7) is 2.47. The number of halogens is 2. The normalized spacial score (nSPS) is 22.1. The van der Waals surface area contributed by atoms with Gasteiger partial charge < -0.3 is 0 Å². The van der Waals surface area contributed by atoms with E-state index in [0.717, 1.165) is 0 Å². The Hall–Kier alpha value is 0.920. The predicted molar refractivity (Wildman–Crippen MR) is 44.7 cm³/mol. The maximum absolute atomic E-state index is 3.42. The summed E-state index contributed by atoms with van der Waals surface area (Å²) in [5.74, 6) is 0. The smallest absolute Gasteiger partial charge is 0.0120 e. The van der Waals surface area contributed by atoms with Crippen LogP contribution in [0.25, 0.3) is 0 Å². The highest BCUT2D eigenvalue weighted by Gasteiger charge is 2.04. The fraction of sp³-hybridized carbons (Fsp3) is 1.00. The lowest BCUT2D eigenvalue weighted by atomic mass is 10.2. The summed E-state index contributed by atoms with van der Waals surface area (Å²) >= 11 is 3.42. The van der Waals surface area contributed by atoms with E-state index in [1.807, 2.05) is 0 Å². The van der Waals surface area contributed by atoms with Crippen LogP contribution in [0.2, 0.25) is 0 Å². The van der Waals surface area contributed by atoms with Crippen LogP contribution in [-0.4, -0.2) is 17.0 Å². The molecule has 0 aromatic rings. The van der Waals surface area contributed by atoms with Crippen molar-refractivity contribution in [3.8, 4) is 0 Å². The van der Waals surface area contributed by atoms with Gasteiger partial charge in [-0.3, -0.25) is 0 Å². The molecule has 0 aliphatic carbocycles. The van der Waals surface area contributed by atoms with Gasteiger partial charge in [0.2, 0.25) is 0 Å². The number of nitrogens with zero attached hydrogens (tertiary/aromatic N) is 1. The number of piperidine rings is 1. The van der Waals surface area contributed by atoms with E-state index in [0.29, 0.717) is 0 Å². The highest BCUT2D eigenvalue weighted by molar-refractivity contribution is 9.07. The molecular weight excluding hydrogens is 234 g/mol. The lowest BCUT2D eigenvalue weighted by Crippen LogP contribution is -2.18. The summed E-state index contributed by atoms with van der Waals surface area (Å²) in [4.78, 5) is 0. The molecule has 0 amide bonds. The molecule has 0 bridgehead atoms. The Kier molecular flexibility index (Phi) is 5.31. The molecule has 0 atom stereocenters. The summed E-state index contributed by atoms with van der Waals surface area (Å²) in [7, 11) is 0. The zero-order chi connectivity index (χ0) is 5.11. The Labute approximate surface area is 69.5 Å². The van der Waals surface area contributed by atoms with Crippen LogP contribution in [0.15, 0.2) is 0 Å². The average molecular weight is 245 g/mol. The molecule has 0 N–H and O–H groups in total. The van der Waals surface area contributed by atoms with Crippen LogP contribution in [0, 0.1) is 0 Å². The van der Waals surface area contributed by atoms with E-state index < -0.39 is 0 Å². The Morgan fingerprint density at radius 2 is 1.50 bits per heavy atom. The van der Waals surface area contributed by atoms with Gasteiger partial charge in [-0.05, 0) is 12.8 Å². The molecule has 0 aromatic carbocycles. The third kappa shape index (κ3) is 3.05. The Morgan fingerprint density at radius 3 is 1.75 bits per heavy atom. The average Bonchev–Trinajstić information content (AvgIpc) is 1.69. The minimum atomic E-state index is 0. The molecule has 0 aromatic heterocycles. The molecule has 1 rings (SSSR count). The maximum atomic E-state index is 3.42. The Balaban J connectivity index is 0.000000490. The van der Waals surface area contributed by atoms with E-state index in [2.05, 4.69) is 20.1 Å². The van der Waals surface area contributed by atoms with Crippen molar-refractivity contribution in [1.82, 2.24) is 3.93 Å². The molecule has 1 saturated heterocycles. The Morgan fingerprint density at radius 1 is 1.00 bits per heavy atom. The van der Waals surface area contributed by atoms with Gasteiger partial charge in [0, 0.05) is 29.2 Å². The second-order valence-corrected chi connectivity index (χ2v) is 2.97. The van der Waals surface area contributed by atoms with Crippen molar-refractivity contribution >= 4 is 33.1 Å². The third-order valence-corrected chi connectivity index (χ3v) is 2.01. The molecule has 0 unspecified atom stereocenters. The largest absolute Gasteiger partial charge is 0.242 e. The van der Waals surface area contributed by atoms with Gasteiger partial charge in [0.1, 0.15) is 0 Å². The van der Waals surface area contributed by atoms with E-state index >= 15 is 0 Å². The SMILES string of the molecule is Br.BrN1CCCCC1. The summed E-state index contributed by atoms with van der Waals surface area (Å²) < 4.78 is 2.20. The zero-order valence-corrected chi connectivity index (χ0v) is 8.07. The van der Waals surface area contributed by atoms with Crippen molar-refractivity contribution in [2.45, 2.75) is 19.3 Å². The van der Waals surface area contributed by atoms with Crippen LogP contribution < -0.4 is 0 Å². The lowest BCUT2D eigenvalue weighted by molar-refractivity contribution is 0.392. The molecule has 0 spiro atoms. The van der Waals surface area contributed by atoms with Crippen molar-refractivity contribution in [2.24, 2.45) is 0 Å². The van der Waals surface area contributed by atoms with Crippen LogP contribution in [0.5, 0.6) is 0 Å². The standard InChI is InChI=1S/C5H10BrN.BrH/c6-7-4-2-1-3-5-7;/h1-5H2;1H. The molecular formula is C5H11Br2N. The van der Waals surface area contributed by atoms with E-state index in [9.17, 15) is 0 Å². The quantitative estimate of drug-likeness (QED) is 0.592. The monoisotopic (exact) mass is 243 g/mol. The second kappa shape index (κ2) is 4.77. The van der Waals surface area contributed by atoms with Gasteiger partial charge in [0.15, 0.2) is 0 Å². The maximum Gasteiger partial charge on any atom is 0.0120 e. The van der Waals surface area contributed by atoms with Crippen molar-refractivity contribution < 1.29 is 0 Å². The molecule has 0 radical (unpaired) electrons. The first-order chi connectivity index (χ1) is 3.39. The van der Waals surface area contributed by atoms with Gasteiger partial charge in [0.05, 0.1) is 0 Å². The number of hydrogen-bond donors (Lipinski definition) is 0. The number of hydrogen-bond acceptors (Lipinski definition) is 1. The highest BCUT2D eigenvalue weighted by atomic mass is 79.9. The van der Waals surface area contributed by atoms with E-state index in [-0.39, 0.29) is 17.0 Å². The summed E-state index contributed by atoms with van der Waals surface area (Å²) in [5, 5.41) is 0. The predicted octanol–water partition coefficient (Wildman–Crippen LogP) is 2.36. The first-order valence-electron chi connectivity index (χ1n) is 2.80. The number of rotatable bonds is 0. The summed E-state index contributed by atoms with van der Waals surface area (Å²) in [5.41, 5.74) is 0. The van der Waals surface area contributed by atoms with Gasteiger partial charge in [-0.15, -0.1) is 17.0 Å². The minimum absolute atomic E-state index is 0. The summed E-state index contributed by atoms with van der Waals surface area (Å²) in [6, 6.07) is 0. The molecule has 1 nitrogen and oxygen atoms in total. The second-order valence-electron chi connectivity index (χ2n) is 1.97. The topological polar surface area (TPSA) is 3.24 Å². The molecule has 1 aliphatic heterocycles. The molecule has 0 saturated carbocycles. The van der Waals surface area contributed by atoms with Gasteiger partial charge in [-0.1, -0.05) is 6.42 Å². The van der Waals surface area contributed by atoms with E-state index in [1.165, 1.54) is 32.4 Å². The van der Waals surface area contributed by atoms with Crippen LogP contribution in [-0.2, 0) is 0 Å². The third-order valence-electron chi connectivity index (χ3n) is 1.30. The molecule has 50 valence electrons. The minimum Gasteiger partial charge on any atom is -0.242 e. The van der Waals surface area contributed by atoms with Gasteiger partial charge in [-0.2, -0.15) is 0 Å². The van der Waals surface area contributed by atoms with Crippen molar-refractivity contribution in [3.05, 3.63) is 0 Å². The van der Waals surface area contributed by atoms with Gasteiger partial charge in [0.25, 0.3) is 0 Å².